The van der Waals surface area contributed by atoms with E-state index in [1.54, 1.807) is 48.5 Å². The molecule has 0 aliphatic carbocycles. The van der Waals surface area contributed by atoms with Gasteiger partial charge in [-0.15, -0.1) is 0 Å². The highest BCUT2D eigenvalue weighted by Gasteiger charge is 2.37. The second-order valence-electron chi connectivity index (χ2n) is 8.43. The summed E-state index contributed by atoms with van der Waals surface area (Å²) in [7, 11) is 2.64. The molecule has 0 N–H and O–H groups in total. The van der Waals surface area contributed by atoms with E-state index >= 15 is 0 Å². The number of ether oxygens (including phenoxy) is 2. The van der Waals surface area contributed by atoms with Crippen molar-refractivity contribution in [3.05, 3.63) is 99.8 Å². The number of benzene rings is 1. The molecule has 0 radical (unpaired) electrons. The number of hydrogen-bond acceptors (Lipinski definition) is 6. The lowest BCUT2D eigenvalue weighted by molar-refractivity contribution is -0.136. The maximum Gasteiger partial charge on any atom is 0.340 e. The number of carbonyl (C=O) groups is 3. The molecule has 0 spiro atoms. The molecule has 0 bridgehead atoms. The van der Waals surface area contributed by atoms with Gasteiger partial charge in [0.05, 0.1) is 43.2 Å². The fourth-order valence-corrected chi connectivity index (χ4v) is 4.50. The van der Waals surface area contributed by atoms with Crippen LogP contribution in [-0.2, 0) is 25.6 Å². The van der Waals surface area contributed by atoms with Crippen molar-refractivity contribution in [1.29, 1.82) is 0 Å². The van der Waals surface area contributed by atoms with Crippen molar-refractivity contribution in [2.45, 2.75) is 27.3 Å². The minimum Gasteiger partial charge on any atom is -0.465 e. The SMILES string of the molecule is COC(=O)C1=C(C)N(Cc2cccnc2)C(=O)/C1=C\c1cc(C)n(-c2ccccc2C(=O)OC)c1C. The van der Waals surface area contributed by atoms with Gasteiger partial charge in [-0.25, -0.2) is 9.59 Å². The zero-order chi connectivity index (χ0) is 26.0. The lowest BCUT2D eigenvalue weighted by Gasteiger charge is -2.17. The van der Waals surface area contributed by atoms with Crippen molar-refractivity contribution in [3.63, 3.8) is 0 Å². The van der Waals surface area contributed by atoms with Crippen LogP contribution in [0.2, 0.25) is 0 Å². The Kier molecular flexibility index (Phi) is 6.87. The first-order valence-electron chi connectivity index (χ1n) is 11.4. The van der Waals surface area contributed by atoms with E-state index in [2.05, 4.69) is 4.98 Å². The Labute approximate surface area is 209 Å². The molecule has 0 unspecified atom stereocenters. The van der Waals surface area contributed by atoms with E-state index in [0.717, 1.165) is 22.5 Å². The standard InChI is InChI=1S/C28H27N3O5/c1-17-13-21(18(2)31(17)24-11-7-6-10-22(24)27(33)35-4)14-23-25(28(34)36-5)19(3)30(26(23)32)16-20-9-8-12-29-15-20/h6-15H,16H2,1-5H3/b23-14-. The Morgan fingerprint density at radius 2 is 1.72 bits per heavy atom. The molecule has 0 fully saturated rings. The zero-order valence-corrected chi connectivity index (χ0v) is 20.9. The van der Waals surface area contributed by atoms with Crippen LogP contribution in [0.25, 0.3) is 11.8 Å². The molecule has 3 aromatic rings. The Balaban J connectivity index is 1.81. The molecular formula is C28H27N3O5. The number of para-hydroxylation sites is 1. The molecule has 184 valence electrons. The number of allylic oxidation sites excluding steroid dienone is 1. The highest BCUT2D eigenvalue weighted by atomic mass is 16.5. The quantitative estimate of drug-likeness (QED) is 0.385. The summed E-state index contributed by atoms with van der Waals surface area (Å²) in [5.41, 5.74) is 5.33. The number of rotatable bonds is 6. The molecular weight excluding hydrogens is 458 g/mol. The molecule has 2 aromatic heterocycles. The number of nitrogens with zero attached hydrogens (tertiary/aromatic N) is 3. The Morgan fingerprint density at radius 1 is 1.00 bits per heavy atom. The van der Waals surface area contributed by atoms with Crippen LogP contribution in [0.1, 0.15) is 39.8 Å². The van der Waals surface area contributed by atoms with E-state index in [1.807, 2.05) is 42.7 Å². The number of esters is 2. The Hall–Kier alpha value is -4.46. The van der Waals surface area contributed by atoms with Gasteiger partial charge in [-0.2, -0.15) is 0 Å². The third-order valence-corrected chi connectivity index (χ3v) is 6.28. The molecule has 1 aliphatic rings. The number of amides is 1. The highest BCUT2D eigenvalue weighted by molar-refractivity contribution is 6.16. The number of aromatic nitrogens is 2. The van der Waals surface area contributed by atoms with Crippen LogP contribution in [0.3, 0.4) is 0 Å². The number of hydrogen-bond donors (Lipinski definition) is 0. The first-order chi connectivity index (χ1) is 17.3. The van der Waals surface area contributed by atoms with Crippen LogP contribution < -0.4 is 0 Å². The van der Waals surface area contributed by atoms with Gasteiger partial charge in [-0.1, -0.05) is 18.2 Å². The summed E-state index contributed by atoms with van der Waals surface area (Å²) in [6.45, 7) is 5.82. The minimum atomic E-state index is -0.578. The largest absolute Gasteiger partial charge is 0.465 e. The fraction of sp³-hybridized carbons (Fsp3) is 0.214. The summed E-state index contributed by atoms with van der Waals surface area (Å²) in [5, 5.41) is 0. The van der Waals surface area contributed by atoms with Crippen LogP contribution in [0.15, 0.2) is 71.7 Å². The summed E-state index contributed by atoms with van der Waals surface area (Å²) in [4.78, 5) is 44.3. The van der Waals surface area contributed by atoms with Crippen molar-refractivity contribution < 1.29 is 23.9 Å². The second kappa shape index (κ2) is 10.0. The third-order valence-electron chi connectivity index (χ3n) is 6.28. The molecule has 4 rings (SSSR count). The van der Waals surface area contributed by atoms with E-state index < -0.39 is 11.9 Å². The van der Waals surface area contributed by atoms with Gasteiger partial charge in [0.1, 0.15) is 0 Å². The van der Waals surface area contributed by atoms with Crippen LogP contribution in [0, 0.1) is 13.8 Å². The van der Waals surface area contributed by atoms with Crippen molar-refractivity contribution >= 4 is 23.9 Å². The number of aryl methyl sites for hydroxylation is 1. The molecule has 3 heterocycles. The topological polar surface area (TPSA) is 90.7 Å². The Bertz CT molecular complexity index is 1420. The average Bonchev–Trinajstić information content (AvgIpc) is 3.30. The minimum absolute atomic E-state index is 0.228. The number of carbonyl (C=O) groups excluding carboxylic acids is 3. The van der Waals surface area contributed by atoms with E-state index in [4.69, 9.17) is 9.47 Å². The lowest BCUT2D eigenvalue weighted by atomic mass is 10.0. The van der Waals surface area contributed by atoms with Gasteiger partial charge >= 0.3 is 11.9 Å². The summed E-state index contributed by atoms with van der Waals surface area (Å²) < 4.78 is 11.9. The molecule has 1 amide bonds. The predicted octanol–water partition coefficient (Wildman–Crippen LogP) is 4.15. The van der Waals surface area contributed by atoms with Gasteiger partial charge in [-0.05, 0) is 62.2 Å². The van der Waals surface area contributed by atoms with Gasteiger partial charge in [0, 0.05) is 29.5 Å². The van der Waals surface area contributed by atoms with Gasteiger partial charge in [0.25, 0.3) is 5.91 Å². The molecule has 0 atom stereocenters. The van der Waals surface area contributed by atoms with Crippen molar-refractivity contribution in [3.8, 4) is 5.69 Å². The maximum atomic E-state index is 13.5. The van der Waals surface area contributed by atoms with E-state index in [-0.39, 0.29) is 23.6 Å². The summed E-state index contributed by atoms with van der Waals surface area (Å²) in [6, 6.07) is 12.7. The summed E-state index contributed by atoms with van der Waals surface area (Å²) >= 11 is 0. The average molecular weight is 486 g/mol. The van der Waals surface area contributed by atoms with E-state index in [1.165, 1.54) is 14.2 Å². The fourth-order valence-electron chi connectivity index (χ4n) is 4.50. The van der Waals surface area contributed by atoms with Crippen molar-refractivity contribution in [2.24, 2.45) is 0 Å². The molecule has 0 saturated carbocycles. The first kappa shape index (κ1) is 24.7. The lowest BCUT2D eigenvalue weighted by Crippen LogP contribution is -2.24. The van der Waals surface area contributed by atoms with E-state index in [9.17, 15) is 14.4 Å². The molecule has 1 aliphatic heterocycles. The maximum absolute atomic E-state index is 13.5. The molecule has 8 heteroatoms. The molecule has 36 heavy (non-hydrogen) atoms. The molecule has 8 nitrogen and oxygen atoms in total. The third kappa shape index (κ3) is 4.33. The highest BCUT2D eigenvalue weighted by Crippen LogP contribution is 2.34. The predicted molar refractivity (Wildman–Crippen MR) is 134 cm³/mol. The van der Waals surface area contributed by atoms with Gasteiger partial charge in [0.2, 0.25) is 0 Å². The van der Waals surface area contributed by atoms with Crippen LogP contribution >= 0.6 is 0 Å². The smallest absolute Gasteiger partial charge is 0.340 e. The van der Waals surface area contributed by atoms with Gasteiger partial charge in [0.15, 0.2) is 0 Å². The van der Waals surface area contributed by atoms with Crippen LogP contribution in [-0.4, -0.2) is 46.5 Å². The van der Waals surface area contributed by atoms with Crippen LogP contribution in [0.5, 0.6) is 0 Å². The normalized spacial score (nSPS) is 14.5. The number of methoxy groups -OCH3 is 2. The zero-order valence-electron chi connectivity index (χ0n) is 20.9. The monoisotopic (exact) mass is 485 g/mol. The first-order valence-corrected chi connectivity index (χ1v) is 11.4. The van der Waals surface area contributed by atoms with Gasteiger partial charge < -0.3 is 18.9 Å². The van der Waals surface area contributed by atoms with E-state index in [0.29, 0.717) is 16.9 Å². The molecule has 0 saturated heterocycles. The van der Waals surface area contributed by atoms with Crippen molar-refractivity contribution in [2.75, 3.05) is 14.2 Å². The summed E-state index contributed by atoms with van der Waals surface area (Å²) in [5.74, 6) is -1.32. The summed E-state index contributed by atoms with van der Waals surface area (Å²) in [6.07, 6.45) is 5.06. The van der Waals surface area contributed by atoms with Crippen molar-refractivity contribution in [1.82, 2.24) is 14.5 Å². The molecule has 1 aromatic carbocycles. The van der Waals surface area contributed by atoms with Gasteiger partial charge in [-0.3, -0.25) is 9.78 Å². The number of pyridine rings is 1. The Morgan fingerprint density at radius 3 is 2.39 bits per heavy atom. The van der Waals surface area contributed by atoms with Crippen LogP contribution in [0.4, 0.5) is 0 Å². The second-order valence-corrected chi connectivity index (χ2v) is 8.43.